The van der Waals surface area contributed by atoms with Gasteiger partial charge in [-0.25, -0.2) is 15.0 Å². The summed E-state index contributed by atoms with van der Waals surface area (Å²) in [6, 6.07) is 12.9. The quantitative estimate of drug-likeness (QED) is 0.286. The van der Waals surface area contributed by atoms with E-state index in [0.717, 1.165) is 47.1 Å². The molecule has 194 valence electrons. The van der Waals surface area contributed by atoms with E-state index in [-0.39, 0.29) is 12.3 Å². The van der Waals surface area contributed by atoms with Crippen LogP contribution in [0, 0.1) is 0 Å². The Balaban J connectivity index is 1.27. The molecule has 1 aliphatic heterocycles. The number of oxazole rings is 1. The first-order valence-corrected chi connectivity index (χ1v) is 13.4. The molecule has 2 aromatic heterocycles. The van der Waals surface area contributed by atoms with E-state index in [2.05, 4.69) is 4.98 Å². The first-order valence-electron chi connectivity index (χ1n) is 13.0. The molecule has 6 rings (SSSR count). The molecule has 1 saturated carbocycles. The lowest BCUT2D eigenvalue weighted by Crippen LogP contribution is -2.35. The van der Waals surface area contributed by atoms with Crippen LogP contribution in [0.4, 0.5) is 0 Å². The Bertz CT molecular complexity index is 1530. The summed E-state index contributed by atoms with van der Waals surface area (Å²) in [4.78, 5) is 40.7. The third kappa shape index (κ3) is 5.13. The van der Waals surface area contributed by atoms with Crippen molar-refractivity contribution in [3.63, 3.8) is 0 Å². The monoisotopic (exact) mass is 530 g/mol. The third-order valence-electron chi connectivity index (χ3n) is 7.11. The largest absolute Gasteiger partial charge is 0.481 e. The lowest BCUT2D eigenvalue weighted by molar-refractivity contribution is -0.137. The highest BCUT2D eigenvalue weighted by Crippen LogP contribution is 2.40. The van der Waals surface area contributed by atoms with Gasteiger partial charge in [-0.15, -0.1) is 0 Å². The predicted molar refractivity (Wildman–Crippen MR) is 142 cm³/mol. The number of carboxylic acid groups (broad SMARTS) is 1. The summed E-state index contributed by atoms with van der Waals surface area (Å²) in [6.45, 7) is 1.03. The summed E-state index contributed by atoms with van der Waals surface area (Å²) in [7, 11) is 0. The van der Waals surface area contributed by atoms with Crippen LogP contribution in [0.5, 0.6) is 0 Å². The molecule has 0 saturated heterocycles. The topological polar surface area (TPSA) is 109 Å². The number of carbonyl (C=O) groups is 2. The molecule has 1 aliphatic carbocycles. The predicted octanol–water partition coefficient (Wildman–Crippen LogP) is 5.81. The second kappa shape index (κ2) is 10.2. The van der Waals surface area contributed by atoms with E-state index in [1.54, 1.807) is 12.1 Å². The number of halogens is 1. The summed E-state index contributed by atoms with van der Waals surface area (Å²) in [5, 5.41) is 9.63. The number of fused-ring (bicyclic) bond motifs is 2. The van der Waals surface area contributed by atoms with Crippen LogP contribution < -0.4 is 0 Å². The molecule has 0 unspecified atom stereocenters. The molecule has 9 heteroatoms. The third-order valence-corrected chi connectivity index (χ3v) is 7.37. The van der Waals surface area contributed by atoms with Crippen LogP contribution >= 0.6 is 11.6 Å². The number of hydrogen-bond donors (Lipinski definition) is 1. The van der Waals surface area contributed by atoms with Gasteiger partial charge in [-0.05, 0) is 62.4 Å². The van der Waals surface area contributed by atoms with Crippen molar-refractivity contribution in [2.45, 2.75) is 57.4 Å². The molecule has 0 bridgehead atoms. The molecule has 2 aliphatic rings. The number of aryl methyl sites for hydroxylation is 1. The van der Waals surface area contributed by atoms with Crippen molar-refractivity contribution < 1.29 is 19.1 Å². The number of aliphatic carboxylic acids is 1. The zero-order valence-electron chi connectivity index (χ0n) is 20.8. The van der Waals surface area contributed by atoms with Crippen molar-refractivity contribution in [3.05, 3.63) is 76.1 Å². The SMILES string of the molecule is O=C(O)CCCCc1nc2cc(C(=O)N3CCc4oc(C5CC5)nc4C3)ccc2nc1-c1ccc(Cl)cc1. The number of amides is 1. The zero-order valence-corrected chi connectivity index (χ0v) is 21.6. The molecule has 38 heavy (non-hydrogen) atoms. The van der Waals surface area contributed by atoms with Crippen molar-refractivity contribution in [2.24, 2.45) is 0 Å². The maximum Gasteiger partial charge on any atom is 0.303 e. The number of nitrogens with zero attached hydrogens (tertiary/aromatic N) is 4. The fourth-order valence-corrected chi connectivity index (χ4v) is 5.01. The first kappa shape index (κ1) is 24.6. The van der Waals surface area contributed by atoms with Gasteiger partial charge in [0.05, 0.1) is 29.0 Å². The van der Waals surface area contributed by atoms with Gasteiger partial charge >= 0.3 is 5.97 Å². The number of carbonyl (C=O) groups excluding carboxylic acids is 1. The Morgan fingerprint density at radius 1 is 1.03 bits per heavy atom. The van der Waals surface area contributed by atoms with Gasteiger partial charge in [-0.2, -0.15) is 0 Å². The summed E-state index contributed by atoms with van der Waals surface area (Å²) >= 11 is 6.09. The fraction of sp³-hybridized carbons (Fsp3) is 0.345. The molecule has 3 heterocycles. The molecule has 8 nitrogen and oxygen atoms in total. The van der Waals surface area contributed by atoms with E-state index in [0.29, 0.717) is 66.3 Å². The molecular formula is C29H27ClN4O4. The second-order valence-corrected chi connectivity index (χ2v) is 10.4. The Morgan fingerprint density at radius 3 is 2.61 bits per heavy atom. The highest BCUT2D eigenvalue weighted by molar-refractivity contribution is 6.30. The highest BCUT2D eigenvalue weighted by atomic mass is 35.5. The molecule has 2 aromatic carbocycles. The Kier molecular flexibility index (Phi) is 6.57. The maximum atomic E-state index is 13.4. The van der Waals surface area contributed by atoms with Gasteiger partial charge in [0.1, 0.15) is 11.5 Å². The number of unbranched alkanes of at least 4 members (excludes halogenated alkanes) is 1. The normalized spacial score (nSPS) is 15.0. The maximum absolute atomic E-state index is 13.4. The molecule has 4 aromatic rings. The molecule has 0 spiro atoms. The minimum absolute atomic E-state index is 0.0693. The van der Waals surface area contributed by atoms with E-state index in [4.69, 9.17) is 31.1 Å². The van der Waals surface area contributed by atoms with Crippen LogP contribution in [0.1, 0.15) is 71.4 Å². The summed E-state index contributed by atoms with van der Waals surface area (Å²) < 4.78 is 5.93. The van der Waals surface area contributed by atoms with Gasteiger partial charge in [0, 0.05) is 41.5 Å². The van der Waals surface area contributed by atoms with Crippen LogP contribution in [-0.2, 0) is 24.2 Å². The van der Waals surface area contributed by atoms with Crippen LogP contribution in [-0.4, -0.2) is 43.4 Å². The number of aromatic nitrogens is 3. The van der Waals surface area contributed by atoms with Crippen LogP contribution in [0.15, 0.2) is 46.9 Å². The van der Waals surface area contributed by atoms with Gasteiger partial charge in [-0.1, -0.05) is 23.7 Å². The summed E-state index contributed by atoms with van der Waals surface area (Å²) in [5.41, 5.74) is 5.14. The number of carboxylic acids is 1. The minimum Gasteiger partial charge on any atom is -0.481 e. The van der Waals surface area contributed by atoms with Crippen molar-refractivity contribution in [1.82, 2.24) is 19.9 Å². The molecule has 1 amide bonds. The van der Waals surface area contributed by atoms with E-state index >= 15 is 0 Å². The van der Waals surface area contributed by atoms with Gasteiger partial charge in [0.2, 0.25) is 0 Å². The summed E-state index contributed by atoms with van der Waals surface area (Å²) in [5.74, 6) is 1.29. The number of benzene rings is 2. The van der Waals surface area contributed by atoms with Crippen LogP contribution in [0.3, 0.4) is 0 Å². The highest BCUT2D eigenvalue weighted by Gasteiger charge is 2.33. The molecular weight excluding hydrogens is 504 g/mol. The van der Waals surface area contributed by atoms with E-state index in [1.807, 2.05) is 35.2 Å². The second-order valence-electron chi connectivity index (χ2n) is 10.0. The Hall–Kier alpha value is -3.78. The van der Waals surface area contributed by atoms with Gasteiger partial charge in [0.15, 0.2) is 5.89 Å². The van der Waals surface area contributed by atoms with Crippen molar-refractivity contribution in [1.29, 1.82) is 0 Å². The molecule has 0 atom stereocenters. The average molecular weight is 531 g/mol. The van der Waals surface area contributed by atoms with E-state index in [9.17, 15) is 9.59 Å². The standard InChI is InChI=1S/C29H27ClN4O4/c30-20-10-7-17(8-11-20)27-22(3-1-2-4-26(35)36)31-23-15-19(9-12-21(23)32-27)29(37)34-14-13-25-24(16-34)33-28(38-25)18-5-6-18/h7-12,15,18H,1-6,13-14,16H2,(H,35,36). The molecule has 0 radical (unpaired) electrons. The van der Waals surface area contributed by atoms with Crippen LogP contribution in [0.2, 0.25) is 5.02 Å². The Morgan fingerprint density at radius 2 is 1.84 bits per heavy atom. The smallest absolute Gasteiger partial charge is 0.303 e. The average Bonchev–Trinajstić information content (AvgIpc) is 3.69. The lowest BCUT2D eigenvalue weighted by atomic mass is 10.0. The Labute approximate surface area is 224 Å². The van der Waals surface area contributed by atoms with E-state index in [1.165, 1.54) is 0 Å². The molecule has 1 N–H and O–H groups in total. The van der Waals surface area contributed by atoms with Gasteiger partial charge in [-0.3, -0.25) is 9.59 Å². The van der Waals surface area contributed by atoms with Crippen molar-refractivity contribution in [2.75, 3.05) is 6.54 Å². The zero-order chi connectivity index (χ0) is 26.2. The van der Waals surface area contributed by atoms with Gasteiger partial charge < -0.3 is 14.4 Å². The van der Waals surface area contributed by atoms with Crippen molar-refractivity contribution in [3.8, 4) is 11.3 Å². The first-order chi connectivity index (χ1) is 18.4. The summed E-state index contributed by atoms with van der Waals surface area (Å²) in [6.07, 6.45) is 4.83. The van der Waals surface area contributed by atoms with E-state index < -0.39 is 5.97 Å². The number of hydrogen-bond acceptors (Lipinski definition) is 6. The number of rotatable bonds is 8. The van der Waals surface area contributed by atoms with Crippen molar-refractivity contribution >= 4 is 34.5 Å². The molecule has 1 fully saturated rings. The minimum atomic E-state index is -0.810. The van der Waals surface area contributed by atoms with Gasteiger partial charge in [0.25, 0.3) is 5.91 Å². The van der Waals surface area contributed by atoms with Crippen LogP contribution in [0.25, 0.3) is 22.3 Å². The fourth-order valence-electron chi connectivity index (χ4n) is 4.89. The lowest BCUT2D eigenvalue weighted by Gasteiger charge is -2.25.